The summed E-state index contributed by atoms with van der Waals surface area (Å²) in [5.41, 5.74) is -0.158. The van der Waals surface area contributed by atoms with E-state index in [1.165, 1.54) is 19.3 Å². The first-order chi connectivity index (χ1) is 16.6. The van der Waals surface area contributed by atoms with Crippen molar-refractivity contribution in [3.05, 3.63) is 17.8 Å². The zero-order valence-corrected chi connectivity index (χ0v) is 20.5. The lowest BCUT2D eigenvalue weighted by atomic mass is 9.49. The van der Waals surface area contributed by atoms with Crippen LogP contribution in [0.15, 0.2) is 17.8 Å². The molecule has 2 aromatic rings. The fraction of sp³-hybridized carbons (Fsp3) is 0.692. The number of piperazine rings is 1. The van der Waals surface area contributed by atoms with Gasteiger partial charge in [0.15, 0.2) is 0 Å². The first-order valence-corrected chi connectivity index (χ1v) is 14.0. The Kier molecular flexibility index (Phi) is 4.90. The van der Waals surface area contributed by atoms with E-state index >= 15 is 0 Å². The molecule has 4 bridgehead atoms. The Morgan fingerprint density at radius 2 is 1.65 bits per heavy atom. The Morgan fingerprint density at radius 1 is 0.941 bits per heavy atom. The van der Waals surface area contributed by atoms with E-state index in [4.69, 9.17) is 0 Å². The fourth-order valence-electron chi connectivity index (χ4n) is 8.32. The molecule has 0 aromatic carbocycles. The van der Waals surface area contributed by atoms with E-state index in [1.807, 2.05) is 9.80 Å². The van der Waals surface area contributed by atoms with Crippen LogP contribution in [0.1, 0.15) is 51.4 Å². The van der Waals surface area contributed by atoms with Crippen LogP contribution < -0.4 is 4.90 Å². The molecule has 180 valence electrons. The van der Waals surface area contributed by atoms with Gasteiger partial charge in [0.1, 0.15) is 23.0 Å². The summed E-state index contributed by atoms with van der Waals surface area (Å²) in [4.78, 5) is 43.8. The number of hydrogen-bond donors (Lipinski definition) is 0. The maximum atomic E-state index is 14.0. The molecule has 4 saturated carbocycles. The van der Waals surface area contributed by atoms with Crippen LogP contribution in [-0.2, 0) is 9.59 Å². The van der Waals surface area contributed by atoms with Crippen molar-refractivity contribution in [2.45, 2.75) is 57.4 Å². The number of fused-ring (bicyclic) bond motifs is 1. The summed E-state index contributed by atoms with van der Waals surface area (Å²) in [5.74, 6) is 3.70. The van der Waals surface area contributed by atoms with E-state index in [2.05, 4.69) is 26.3 Å². The van der Waals surface area contributed by atoms with Crippen LogP contribution in [0.5, 0.6) is 0 Å². The number of rotatable bonds is 3. The zero-order chi connectivity index (χ0) is 22.9. The van der Waals surface area contributed by atoms with Crippen LogP contribution in [0, 0.1) is 23.2 Å². The van der Waals surface area contributed by atoms with E-state index in [0.29, 0.717) is 19.0 Å². The van der Waals surface area contributed by atoms with Crippen molar-refractivity contribution in [3.8, 4) is 0 Å². The first-order valence-electron chi connectivity index (χ1n) is 13.1. The van der Waals surface area contributed by atoms with Crippen molar-refractivity contribution in [2.75, 3.05) is 37.6 Å². The van der Waals surface area contributed by atoms with Gasteiger partial charge in [-0.05, 0) is 80.6 Å². The monoisotopic (exact) mass is 479 g/mol. The lowest BCUT2D eigenvalue weighted by Crippen LogP contribution is -2.59. The van der Waals surface area contributed by atoms with Gasteiger partial charge < -0.3 is 14.7 Å². The third-order valence-electron chi connectivity index (χ3n) is 9.42. The van der Waals surface area contributed by atoms with Gasteiger partial charge in [0.2, 0.25) is 11.8 Å². The molecule has 0 spiro atoms. The van der Waals surface area contributed by atoms with Crippen molar-refractivity contribution in [3.63, 3.8) is 0 Å². The molecule has 8 rings (SSSR count). The smallest absolute Gasteiger partial charge is 0.245 e. The molecule has 7 nitrogen and oxygen atoms in total. The van der Waals surface area contributed by atoms with Gasteiger partial charge in [-0.1, -0.05) is 0 Å². The topological polar surface area (TPSA) is 69.6 Å². The molecule has 0 radical (unpaired) electrons. The Hall–Kier alpha value is -2.22. The molecule has 4 aliphatic carbocycles. The largest absolute Gasteiger partial charge is 0.352 e. The van der Waals surface area contributed by atoms with Gasteiger partial charge in [-0.2, -0.15) is 0 Å². The van der Waals surface area contributed by atoms with Crippen LogP contribution in [0.2, 0.25) is 0 Å². The third kappa shape index (κ3) is 3.28. The van der Waals surface area contributed by atoms with E-state index in [1.54, 1.807) is 17.7 Å². The van der Waals surface area contributed by atoms with E-state index in [-0.39, 0.29) is 17.4 Å². The molecule has 4 heterocycles. The van der Waals surface area contributed by atoms with Gasteiger partial charge in [0.25, 0.3) is 0 Å². The summed E-state index contributed by atoms with van der Waals surface area (Å²) >= 11 is 1.63. The van der Waals surface area contributed by atoms with E-state index < -0.39 is 0 Å². The van der Waals surface area contributed by atoms with Gasteiger partial charge in [0.05, 0.1) is 10.8 Å². The molecule has 8 heteroatoms. The Labute approximate surface area is 204 Å². The molecule has 2 aliphatic heterocycles. The van der Waals surface area contributed by atoms with Crippen LogP contribution in [0.4, 0.5) is 5.82 Å². The van der Waals surface area contributed by atoms with Crippen molar-refractivity contribution in [1.82, 2.24) is 19.8 Å². The second-order valence-electron chi connectivity index (χ2n) is 11.5. The lowest BCUT2D eigenvalue weighted by molar-refractivity contribution is -0.162. The molecular formula is C26H33N5O2S. The summed E-state index contributed by atoms with van der Waals surface area (Å²) in [6.07, 6.45) is 10.6. The number of aromatic nitrogens is 2. The van der Waals surface area contributed by atoms with Crippen molar-refractivity contribution < 1.29 is 9.59 Å². The second kappa shape index (κ2) is 7.90. The van der Waals surface area contributed by atoms with Gasteiger partial charge in [-0.3, -0.25) is 9.59 Å². The van der Waals surface area contributed by atoms with Gasteiger partial charge in [-0.15, -0.1) is 11.3 Å². The highest BCUT2D eigenvalue weighted by molar-refractivity contribution is 7.16. The molecule has 2 aromatic heterocycles. The molecule has 34 heavy (non-hydrogen) atoms. The van der Waals surface area contributed by atoms with Crippen molar-refractivity contribution in [2.24, 2.45) is 23.2 Å². The normalized spacial score (nSPS) is 34.9. The summed E-state index contributed by atoms with van der Waals surface area (Å²) in [5, 5.41) is 3.15. The molecular weight excluding hydrogens is 446 g/mol. The van der Waals surface area contributed by atoms with Crippen LogP contribution >= 0.6 is 11.3 Å². The summed E-state index contributed by atoms with van der Waals surface area (Å²) in [7, 11) is 0. The second-order valence-corrected chi connectivity index (χ2v) is 12.4. The molecule has 6 aliphatic rings. The Balaban J connectivity index is 1.04. The lowest BCUT2D eigenvalue weighted by Gasteiger charge is -2.56. The number of anilines is 1. The Bertz CT molecular complexity index is 1090. The average molecular weight is 480 g/mol. The number of carbonyl (C=O) groups excluding carboxylic acids is 2. The van der Waals surface area contributed by atoms with Gasteiger partial charge in [0, 0.05) is 32.7 Å². The van der Waals surface area contributed by atoms with Crippen molar-refractivity contribution in [1.29, 1.82) is 0 Å². The number of nitrogens with zero attached hydrogens (tertiary/aromatic N) is 5. The van der Waals surface area contributed by atoms with Crippen LogP contribution in [0.3, 0.4) is 0 Å². The summed E-state index contributed by atoms with van der Waals surface area (Å²) in [6.45, 7) is 3.66. The quantitative estimate of drug-likeness (QED) is 0.674. The highest BCUT2D eigenvalue weighted by Gasteiger charge is 2.57. The number of likely N-dealkylation sites (tertiary alicyclic amines) is 1. The average Bonchev–Trinajstić information content (AvgIpc) is 3.52. The Morgan fingerprint density at radius 3 is 2.35 bits per heavy atom. The predicted octanol–water partition coefficient (Wildman–Crippen LogP) is 3.55. The van der Waals surface area contributed by atoms with E-state index in [9.17, 15) is 9.59 Å². The number of amides is 2. The minimum Gasteiger partial charge on any atom is -0.352 e. The highest BCUT2D eigenvalue weighted by Crippen LogP contribution is 2.60. The standard InChI is InChI=1S/C26H33N5O2S/c32-24(30-7-5-29(6-8-30)22-20-3-9-34-23(20)28-16-27-22)21-2-1-4-31(21)25(33)26-13-17-10-18(14-26)12-19(11-17)15-26/h3,9,16-19,21H,1-2,4-8,10-15H2. The number of carbonyl (C=O) groups is 2. The van der Waals surface area contributed by atoms with Crippen molar-refractivity contribution >= 4 is 39.2 Å². The molecule has 6 fully saturated rings. The van der Waals surface area contributed by atoms with E-state index in [0.717, 1.165) is 85.5 Å². The fourth-order valence-corrected chi connectivity index (χ4v) is 9.05. The predicted molar refractivity (Wildman–Crippen MR) is 132 cm³/mol. The summed E-state index contributed by atoms with van der Waals surface area (Å²) in [6, 6.07) is 1.83. The maximum Gasteiger partial charge on any atom is 0.245 e. The zero-order valence-electron chi connectivity index (χ0n) is 19.7. The summed E-state index contributed by atoms with van der Waals surface area (Å²) < 4.78 is 0. The molecule has 1 unspecified atom stereocenters. The molecule has 0 N–H and O–H groups in total. The van der Waals surface area contributed by atoms with Gasteiger partial charge >= 0.3 is 0 Å². The van der Waals surface area contributed by atoms with Crippen LogP contribution in [-0.4, -0.2) is 70.3 Å². The molecule has 2 amide bonds. The SMILES string of the molecule is O=C(C1CCCN1C(=O)C12CC3CC(CC(C3)C1)C2)N1CCN(c2ncnc3sccc23)CC1. The first kappa shape index (κ1) is 21.1. The van der Waals surface area contributed by atoms with Crippen LogP contribution in [0.25, 0.3) is 10.2 Å². The number of thiophene rings is 1. The molecule has 2 saturated heterocycles. The minimum absolute atomic E-state index is 0.158. The molecule has 1 atom stereocenters. The highest BCUT2D eigenvalue weighted by atomic mass is 32.1. The van der Waals surface area contributed by atoms with Gasteiger partial charge in [-0.25, -0.2) is 9.97 Å². The minimum atomic E-state index is -0.255. The number of hydrogen-bond acceptors (Lipinski definition) is 6. The maximum absolute atomic E-state index is 14.0. The third-order valence-corrected chi connectivity index (χ3v) is 10.2.